The molecule has 1 aromatic heterocycles. The van der Waals surface area contributed by atoms with Crippen molar-refractivity contribution in [3.8, 4) is 0 Å². The zero-order chi connectivity index (χ0) is 14.4. The molecule has 0 spiro atoms. The largest absolute Gasteiger partial charge is 0.349 e. The van der Waals surface area contributed by atoms with Gasteiger partial charge in [-0.1, -0.05) is 19.3 Å². The molecule has 0 bridgehead atoms. The topological polar surface area (TPSA) is 71.8 Å². The minimum Gasteiger partial charge on any atom is -0.349 e. The first-order chi connectivity index (χ1) is 9.69. The summed E-state index contributed by atoms with van der Waals surface area (Å²) in [5, 5.41) is 14.2. The Morgan fingerprint density at radius 3 is 2.80 bits per heavy atom. The van der Waals surface area contributed by atoms with Gasteiger partial charge in [0, 0.05) is 18.5 Å². The number of nitrogens with one attached hydrogen (secondary N) is 2. The Balaban J connectivity index is 1.85. The number of nitrogens with zero attached hydrogens (tertiary/aromatic N) is 3. The third-order valence-corrected chi connectivity index (χ3v) is 4.32. The van der Waals surface area contributed by atoms with Gasteiger partial charge in [0.15, 0.2) is 5.82 Å². The Kier molecular flexibility index (Phi) is 5.11. The average molecular weight is 279 g/mol. The van der Waals surface area contributed by atoms with Gasteiger partial charge in [-0.2, -0.15) is 0 Å². The molecule has 6 heteroatoms. The van der Waals surface area contributed by atoms with Crippen LogP contribution in [0.1, 0.15) is 51.3 Å². The van der Waals surface area contributed by atoms with E-state index in [1.807, 2.05) is 18.5 Å². The molecule has 1 aliphatic carbocycles. The molecule has 20 heavy (non-hydrogen) atoms. The zero-order valence-electron chi connectivity index (χ0n) is 12.5. The lowest BCUT2D eigenvalue weighted by Crippen LogP contribution is -2.48. The molecule has 112 valence electrons. The standard InChI is InChI=1S/C14H25N5O/c1-3-19-11-17-18-12(19)10-16-13(20)9-14(15-2)7-5-4-6-8-14/h11,15H,3-10H2,1-2H3,(H,16,20). The lowest BCUT2D eigenvalue weighted by atomic mass is 9.79. The number of amides is 1. The summed E-state index contributed by atoms with van der Waals surface area (Å²) >= 11 is 0. The van der Waals surface area contributed by atoms with Crippen LogP contribution in [-0.4, -0.2) is 33.3 Å². The minimum atomic E-state index is -0.0131. The third-order valence-electron chi connectivity index (χ3n) is 4.32. The first kappa shape index (κ1) is 15.0. The van der Waals surface area contributed by atoms with Crippen molar-refractivity contribution < 1.29 is 4.79 Å². The first-order valence-electron chi connectivity index (χ1n) is 7.51. The van der Waals surface area contributed by atoms with Crippen molar-refractivity contribution in [1.29, 1.82) is 0 Å². The Morgan fingerprint density at radius 2 is 2.15 bits per heavy atom. The van der Waals surface area contributed by atoms with Crippen molar-refractivity contribution in [3.05, 3.63) is 12.2 Å². The van der Waals surface area contributed by atoms with Gasteiger partial charge in [0.2, 0.25) is 5.91 Å². The average Bonchev–Trinajstić information content (AvgIpc) is 2.93. The summed E-state index contributed by atoms with van der Waals surface area (Å²) in [7, 11) is 1.96. The predicted octanol–water partition coefficient (Wildman–Crippen LogP) is 1.23. The van der Waals surface area contributed by atoms with Crippen LogP contribution in [0.15, 0.2) is 6.33 Å². The SMILES string of the molecule is CCn1cnnc1CNC(=O)CC1(NC)CCCCC1. The quantitative estimate of drug-likeness (QED) is 0.821. The molecule has 1 fully saturated rings. The summed E-state index contributed by atoms with van der Waals surface area (Å²) in [6.45, 7) is 3.30. The van der Waals surface area contributed by atoms with Crippen LogP contribution in [0.5, 0.6) is 0 Å². The highest BCUT2D eigenvalue weighted by Gasteiger charge is 2.32. The number of hydrogen-bond acceptors (Lipinski definition) is 4. The van der Waals surface area contributed by atoms with E-state index in [1.54, 1.807) is 6.33 Å². The summed E-state index contributed by atoms with van der Waals surface area (Å²) in [4.78, 5) is 12.2. The van der Waals surface area contributed by atoms with Crippen LogP contribution in [0.2, 0.25) is 0 Å². The Labute approximate surface area is 120 Å². The van der Waals surface area contributed by atoms with Crippen molar-refractivity contribution in [1.82, 2.24) is 25.4 Å². The second-order valence-corrected chi connectivity index (χ2v) is 5.58. The van der Waals surface area contributed by atoms with Crippen LogP contribution in [0.25, 0.3) is 0 Å². The van der Waals surface area contributed by atoms with E-state index in [9.17, 15) is 4.79 Å². The van der Waals surface area contributed by atoms with Crippen molar-refractivity contribution in [2.24, 2.45) is 0 Å². The maximum Gasteiger partial charge on any atom is 0.222 e. The fourth-order valence-electron chi connectivity index (χ4n) is 2.97. The number of aryl methyl sites for hydroxylation is 1. The Morgan fingerprint density at radius 1 is 1.40 bits per heavy atom. The molecule has 2 N–H and O–H groups in total. The van der Waals surface area contributed by atoms with Gasteiger partial charge in [-0.3, -0.25) is 4.79 Å². The van der Waals surface area contributed by atoms with E-state index in [1.165, 1.54) is 19.3 Å². The summed E-state index contributed by atoms with van der Waals surface area (Å²) in [5.74, 6) is 0.898. The maximum atomic E-state index is 12.2. The van der Waals surface area contributed by atoms with Gasteiger partial charge in [0.25, 0.3) is 0 Å². The van der Waals surface area contributed by atoms with Crippen molar-refractivity contribution >= 4 is 5.91 Å². The molecule has 1 amide bonds. The number of rotatable bonds is 6. The molecular formula is C14H25N5O. The van der Waals surface area contributed by atoms with Crippen LogP contribution in [-0.2, 0) is 17.9 Å². The van der Waals surface area contributed by atoms with E-state index in [2.05, 4.69) is 20.8 Å². The van der Waals surface area contributed by atoms with Gasteiger partial charge in [0.1, 0.15) is 6.33 Å². The third kappa shape index (κ3) is 3.56. The zero-order valence-corrected chi connectivity index (χ0v) is 12.5. The number of carbonyl (C=O) groups excluding carboxylic acids is 1. The van der Waals surface area contributed by atoms with Crippen LogP contribution < -0.4 is 10.6 Å². The number of aromatic nitrogens is 3. The van der Waals surface area contributed by atoms with Crippen molar-refractivity contribution in [2.45, 2.75) is 64.1 Å². The fourth-order valence-corrected chi connectivity index (χ4v) is 2.97. The number of carbonyl (C=O) groups is 1. The molecule has 2 rings (SSSR count). The van der Waals surface area contributed by atoms with E-state index >= 15 is 0 Å². The molecule has 0 aromatic carbocycles. The summed E-state index contributed by atoms with van der Waals surface area (Å²) < 4.78 is 1.94. The van der Waals surface area contributed by atoms with Crippen LogP contribution in [0, 0.1) is 0 Å². The highest BCUT2D eigenvalue weighted by molar-refractivity contribution is 5.77. The molecule has 0 aliphatic heterocycles. The van der Waals surface area contributed by atoms with Gasteiger partial charge >= 0.3 is 0 Å². The molecule has 0 unspecified atom stereocenters. The normalized spacial score (nSPS) is 17.9. The molecule has 0 atom stereocenters. The number of hydrogen-bond donors (Lipinski definition) is 2. The first-order valence-corrected chi connectivity index (χ1v) is 7.51. The molecule has 6 nitrogen and oxygen atoms in total. The fraction of sp³-hybridized carbons (Fsp3) is 0.786. The van der Waals surface area contributed by atoms with E-state index in [-0.39, 0.29) is 11.4 Å². The minimum absolute atomic E-state index is 0.0131. The molecule has 1 saturated carbocycles. The van der Waals surface area contributed by atoms with Gasteiger partial charge in [0.05, 0.1) is 6.54 Å². The summed E-state index contributed by atoms with van der Waals surface area (Å²) in [6.07, 6.45) is 8.10. The Bertz CT molecular complexity index is 437. The highest BCUT2D eigenvalue weighted by atomic mass is 16.1. The lowest BCUT2D eigenvalue weighted by molar-refractivity contribution is -0.123. The smallest absolute Gasteiger partial charge is 0.222 e. The molecule has 1 heterocycles. The molecule has 0 saturated heterocycles. The van der Waals surface area contributed by atoms with Crippen molar-refractivity contribution in [2.75, 3.05) is 7.05 Å². The van der Waals surface area contributed by atoms with E-state index < -0.39 is 0 Å². The molecule has 0 radical (unpaired) electrons. The monoisotopic (exact) mass is 279 g/mol. The van der Waals surface area contributed by atoms with E-state index in [4.69, 9.17) is 0 Å². The second kappa shape index (κ2) is 6.83. The van der Waals surface area contributed by atoms with Gasteiger partial charge in [-0.25, -0.2) is 0 Å². The van der Waals surface area contributed by atoms with E-state index in [0.29, 0.717) is 13.0 Å². The van der Waals surface area contributed by atoms with Gasteiger partial charge in [-0.15, -0.1) is 10.2 Å². The predicted molar refractivity (Wildman–Crippen MR) is 77.0 cm³/mol. The molecule has 1 aromatic rings. The Hall–Kier alpha value is -1.43. The summed E-state index contributed by atoms with van der Waals surface area (Å²) in [6, 6.07) is 0. The van der Waals surface area contributed by atoms with Crippen LogP contribution in [0.4, 0.5) is 0 Å². The van der Waals surface area contributed by atoms with Gasteiger partial charge in [-0.05, 0) is 26.8 Å². The van der Waals surface area contributed by atoms with Crippen LogP contribution >= 0.6 is 0 Å². The van der Waals surface area contributed by atoms with Gasteiger partial charge < -0.3 is 15.2 Å². The molecule has 1 aliphatic rings. The molecular weight excluding hydrogens is 254 g/mol. The van der Waals surface area contributed by atoms with Crippen molar-refractivity contribution in [3.63, 3.8) is 0 Å². The second-order valence-electron chi connectivity index (χ2n) is 5.58. The lowest BCUT2D eigenvalue weighted by Gasteiger charge is -2.36. The summed E-state index contributed by atoms with van der Waals surface area (Å²) in [5.41, 5.74) is -0.0131. The van der Waals surface area contributed by atoms with E-state index in [0.717, 1.165) is 25.2 Å². The van der Waals surface area contributed by atoms with Crippen LogP contribution in [0.3, 0.4) is 0 Å². The highest BCUT2D eigenvalue weighted by Crippen LogP contribution is 2.30. The maximum absolute atomic E-state index is 12.2.